The van der Waals surface area contributed by atoms with Crippen molar-refractivity contribution >= 4 is 0 Å². The quantitative estimate of drug-likeness (QED) is 0.677. The van der Waals surface area contributed by atoms with Gasteiger partial charge in [0.25, 0.3) is 0 Å². The van der Waals surface area contributed by atoms with E-state index in [2.05, 4.69) is 36.9 Å². The number of hydrogen-bond acceptors (Lipinski definition) is 3. The number of likely N-dealkylation sites (tertiary alicyclic amines) is 1. The Kier molecular flexibility index (Phi) is 4.37. The first-order valence-electron chi connectivity index (χ1n) is 5.49. The first-order chi connectivity index (χ1) is 6.69. The van der Waals surface area contributed by atoms with E-state index in [0.717, 1.165) is 19.5 Å². The highest BCUT2D eigenvalue weighted by Crippen LogP contribution is 2.21. The Balaban J connectivity index is 2.54. The predicted octanol–water partition coefficient (Wildman–Crippen LogP) is 1.31. The Labute approximate surface area is 87.3 Å². The van der Waals surface area contributed by atoms with Gasteiger partial charge in [0, 0.05) is 12.6 Å². The summed E-state index contributed by atoms with van der Waals surface area (Å²) >= 11 is 0. The van der Waals surface area contributed by atoms with Gasteiger partial charge in [0.15, 0.2) is 0 Å². The maximum absolute atomic E-state index is 9.03. The van der Waals surface area contributed by atoms with E-state index in [1.807, 2.05) is 0 Å². The second-order valence-corrected chi connectivity index (χ2v) is 4.35. The van der Waals surface area contributed by atoms with Crippen molar-refractivity contribution < 1.29 is 0 Å². The van der Waals surface area contributed by atoms with Crippen molar-refractivity contribution in [1.29, 1.82) is 5.26 Å². The van der Waals surface area contributed by atoms with Crippen molar-refractivity contribution in [3.8, 4) is 6.07 Å². The lowest BCUT2D eigenvalue weighted by molar-refractivity contribution is 0.177. The van der Waals surface area contributed by atoms with Crippen LogP contribution in [0.25, 0.3) is 0 Å². The Hall–Kier alpha value is -0.590. The number of nitriles is 1. The summed E-state index contributed by atoms with van der Waals surface area (Å²) < 4.78 is 0. The van der Waals surface area contributed by atoms with E-state index in [1.165, 1.54) is 12.8 Å². The van der Waals surface area contributed by atoms with E-state index in [1.54, 1.807) is 0 Å². The van der Waals surface area contributed by atoms with Gasteiger partial charge in [-0.15, -0.1) is 0 Å². The molecule has 0 radical (unpaired) electrons. The van der Waals surface area contributed by atoms with Crippen LogP contribution in [-0.2, 0) is 0 Å². The Bertz CT molecular complexity index is 207. The topological polar surface area (TPSA) is 30.3 Å². The summed E-state index contributed by atoms with van der Waals surface area (Å²) in [6.07, 6.45) is 3.44. The van der Waals surface area contributed by atoms with Crippen LogP contribution in [0.4, 0.5) is 0 Å². The normalized spacial score (nSPS) is 25.2. The van der Waals surface area contributed by atoms with Crippen molar-refractivity contribution in [2.45, 2.75) is 38.3 Å². The third kappa shape index (κ3) is 2.70. The van der Waals surface area contributed by atoms with Gasteiger partial charge in [0.2, 0.25) is 0 Å². The molecule has 1 saturated heterocycles. The molecule has 3 nitrogen and oxygen atoms in total. The summed E-state index contributed by atoms with van der Waals surface area (Å²) in [6, 6.07) is 3.12. The summed E-state index contributed by atoms with van der Waals surface area (Å²) in [6.45, 7) is 4.28. The minimum Gasteiger partial charge on any atom is -0.308 e. The largest absolute Gasteiger partial charge is 0.308 e. The molecule has 0 saturated carbocycles. The lowest BCUT2D eigenvalue weighted by Gasteiger charge is -2.29. The Morgan fingerprint density at radius 3 is 2.79 bits per heavy atom. The molecule has 0 amide bonds. The Morgan fingerprint density at radius 2 is 2.29 bits per heavy atom. The number of rotatable bonds is 4. The molecule has 80 valence electrons. The zero-order valence-corrected chi connectivity index (χ0v) is 9.53. The second kappa shape index (κ2) is 5.33. The van der Waals surface area contributed by atoms with Crippen molar-refractivity contribution in [3.63, 3.8) is 0 Å². The van der Waals surface area contributed by atoms with Gasteiger partial charge >= 0.3 is 0 Å². The van der Waals surface area contributed by atoms with Gasteiger partial charge in [-0.25, -0.2) is 0 Å². The summed E-state index contributed by atoms with van der Waals surface area (Å²) in [5, 5.41) is 9.03. The summed E-state index contributed by atoms with van der Waals surface area (Å²) in [5.41, 5.74) is 0. The van der Waals surface area contributed by atoms with E-state index in [-0.39, 0.29) is 6.04 Å². The second-order valence-electron chi connectivity index (χ2n) is 4.35. The fourth-order valence-corrected chi connectivity index (χ4v) is 2.29. The zero-order chi connectivity index (χ0) is 10.6. The summed E-state index contributed by atoms with van der Waals surface area (Å²) in [7, 11) is 4.20. The molecular weight excluding hydrogens is 174 g/mol. The Morgan fingerprint density at radius 1 is 1.57 bits per heavy atom. The van der Waals surface area contributed by atoms with Gasteiger partial charge in [-0.1, -0.05) is 6.92 Å². The highest BCUT2D eigenvalue weighted by atomic mass is 15.2. The fourth-order valence-electron chi connectivity index (χ4n) is 2.29. The van der Waals surface area contributed by atoms with Gasteiger partial charge in [0.05, 0.1) is 12.1 Å². The first kappa shape index (κ1) is 11.5. The molecule has 1 rings (SSSR count). The molecule has 0 spiro atoms. The molecule has 3 heteroatoms. The van der Waals surface area contributed by atoms with E-state index >= 15 is 0 Å². The standard InChI is InChI=1S/C11H21N3/c1-4-10(8-12)14-7-5-6-11(14)9-13(2)3/h10-11H,4-7,9H2,1-3H3. The van der Waals surface area contributed by atoms with Crippen LogP contribution < -0.4 is 0 Å². The molecule has 0 aromatic carbocycles. The number of nitrogens with zero attached hydrogens (tertiary/aromatic N) is 3. The van der Waals surface area contributed by atoms with Crippen molar-refractivity contribution in [2.75, 3.05) is 27.2 Å². The molecule has 1 aliphatic rings. The van der Waals surface area contributed by atoms with Gasteiger partial charge in [0.1, 0.15) is 0 Å². The SMILES string of the molecule is CCC(C#N)N1CCCC1CN(C)C. The third-order valence-corrected chi connectivity index (χ3v) is 2.93. The van der Waals surface area contributed by atoms with Crippen LogP contribution in [0.2, 0.25) is 0 Å². The van der Waals surface area contributed by atoms with Crippen LogP contribution in [-0.4, -0.2) is 49.1 Å². The molecule has 0 aromatic heterocycles. The fraction of sp³-hybridized carbons (Fsp3) is 0.909. The maximum Gasteiger partial charge on any atom is 0.0978 e. The summed E-state index contributed by atoms with van der Waals surface area (Å²) in [4.78, 5) is 4.59. The predicted molar refractivity (Wildman–Crippen MR) is 58.0 cm³/mol. The third-order valence-electron chi connectivity index (χ3n) is 2.93. The van der Waals surface area contributed by atoms with Crippen molar-refractivity contribution in [3.05, 3.63) is 0 Å². The van der Waals surface area contributed by atoms with Gasteiger partial charge in [-0.3, -0.25) is 4.90 Å². The van der Waals surface area contributed by atoms with Crippen molar-refractivity contribution in [2.24, 2.45) is 0 Å². The molecule has 0 N–H and O–H groups in total. The lowest BCUT2D eigenvalue weighted by atomic mass is 10.1. The molecule has 14 heavy (non-hydrogen) atoms. The molecule has 2 unspecified atom stereocenters. The molecule has 1 aliphatic heterocycles. The van der Waals surface area contributed by atoms with E-state index in [4.69, 9.17) is 5.26 Å². The van der Waals surface area contributed by atoms with Gasteiger partial charge in [-0.05, 0) is 39.9 Å². The van der Waals surface area contributed by atoms with E-state index < -0.39 is 0 Å². The average Bonchev–Trinajstić information content (AvgIpc) is 2.55. The van der Waals surface area contributed by atoms with Gasteiger partial charge in [-0.2, -0.15) is 5.26 Å². The smallest absolute Gasteiger partial charge is 0.0978 e. The lowest BCUT2D eigenvalue weighted by Crippen LogP contribution is -2.42. The van der Waals surface area contributed by atoms with Crippen LogP contribution in [0.1, 0.15) is 26.2 Å². The van der Waals surface area contributed by atoms with Crippen LogP contribution in [0.3, 0.4) is 0 Å². The minimum atomic E-state index is 0.127. The van der Waals surface area contributed by atoms with Crippen LogP contribution >= 0.6 is 0 Å². The van der Waals surface area contributed by atoms with Crippen molar-refractivity contribution in [1.82, 2.24) is 9.80 Å². The van der Waals surface area contributed by atoms with Crippen LogP contribution in [0.15, 0.2) is 0 Å². The first-order valence-corrected chi connectivity index (χ1v) is 5.49. The van der Waals surface area contributed by atoms with Gasteiger partial charge < -0.3 is 4.90 Å². The zero-order valence-electron chi connectivity index (χ0n) is 9.53. The van der Waals surface area contributed by atoms with Crippen LogP contribution in [0.5, 0.6) is 0 Å². The molecule has 0 bridgehead atoms. The molecular formula is C11H21N3. The molecule has 1 heterocycles. The highest BCUT2D eigenvalue weighted by Gasteiger charge is 2.29. The molecule has 0 aromatic rings. The minimum absolute atomic E-state index is 0.127. The monoisotopic (exact) mass is 195 g/mol. The molecule has 0 aliphatic carbocycles. The highest BCUT2D eigenvalue weighted by molar-refractivity contribution is 4.96. The average molecular weight is 195 g/mol. The summed E-state index contributed by atoms with van der Waals surface area (Å²) in [5.74, 6) is 0. The number of likely N-dealkylation sites (N-methyl/N-ethyl adjacent to an activating group) is 1. The van der Waals surface area contributed by atoms with Crippen LogP contribution in [0, 0.1) is 11.3 Å². The van der Waals surface area contributed by atoms with E-state index in [0.29, 0.717) is 6.04 Å². The maximum atomic E-state index is 9.03. The molecule has 1 fully saturated rings. The molecule has 2 atom stereocenters. The number of hydrogen-bond donors (Lipinski definition) is 0. The van der Waals surface area contributed by atoms with E-state index in [9.17, 15) is 0 Å².